The van der Waals surface area contributed by atoms with E-state index < -0.39 is 23.9 Å². The first-order valence-electron chi connectivity index (χ1n) is 36.1. The van der Waals surface area contributed by atoms with Gasteiger partial charge in [0.25, 0.3) is 0 Å². The molecule has 0 atom stereocenters. The predicted octanol–water partition coefficient (Wildman–Crippen LogP) is 19.5. The van der Waals surface area contributed by atoms with Gasteiger partial charge >= 0.3 is 242 Å². The van der Waals surface area contributed by atoms with E-state index >= 15 is 0 Å². The normalized spacial score (nSPS) is 10.5. The molecular formula is C72H144O8S4Sn2. The molecule has 0 heterocycles. The first-order valence-corrected chi connectivity index (χ1v) is 48.8. The Labute approximate surface area is 575 Å². The van der Waals surface area contributed by atoms with Crippen LogP contribution in [0.3, 0.4) is 0 Å². The number of rotatable bonds is 62. The fourth-order valence-corrected chi connectivity index (χ4v) is 18.8. The van der Waals surface area contributed by atoms with E-state index in [1.807, 2.05) is 0 Å². The molecule has 14 heteroatoms. The van der Waals surface area contributed by atoms with Gasteiger partial charge in [0.05, 0.1) is 23.9 Å². The molecule has 0 rings (SSSR count). The van der Waals surface area contributed by atoms with Crippen LogP contribution in [0.4, 0.5) is 0 Å². The second-order valence-electron chi connectivity index (χ2n) is 24.3. The van der Waals surface area contributed by atoms with Crippen molar-refractivity contribution in [1.82, 2.24) is 0 Å². The van der Waals surface area contributed by atoms with E-state index in [0.717, 1.165) is 60.5 Å². The molecule has 86 heavy (non-hydrogen) atoms. The average Bonchev–Trinajstić information content (AvgIpc) is 3.47. The first-order chi connectivity index (χ1) is 41.6. The molecule has 0 bridgehead atoms. The number of carbonyl (C=O) groups excluding carboxylic acids is 4. The van der Waals surface area contributed by atoms with Crippen molar-refractivity contribution >= 4 is 113 Å². The van der Waals surface area contributed by atoms with Gasteiger partial charge in [-0.3, -0.25) is 0 Å². The summed E-state index contributed by atoms with van der Waals surface area (Å²) in [4.78, 5) is 40.2. The van der Waals surface area contributed by atoms with Crippen LogP contribution in [0, 0.1) is 11.8 Å². The SMILES string of the molecule is CC(C)CCCCCSCC(=O)[O-].CC(C)CCCCCSCC(=O)[O-].CCCCCCCCSCC(=O)[O-].CCCCCCCCSCC(=O)[O-].CCCCCCC[CH2][Sn+2][CH2]CCCCCCC.CCCCCCC[CH2][Sn+2][CH2]CCCCCCC. The van der Waals surface area contributed by atoms with E-state index in [1.54, 1.807) is 43.4 Å². The molecule has 0 amide bonds. The van der Waals surface area contributed by atoms with Crippen molar-refractivity contribution in [3.8, 4) is 0 Å². The summed E-state index contributed by atoms with van der Waals surface area (Å²) in [5.41, 5.74) is 0. The molecule has 0 unspecified atom stereocenters. The third kappa shape index (κ3) is 126. The predicted molar refractivity (Wildman–Crippen MR) is 387 cm³/mol. The topological polar surface area (TPSA) is 161 Å². The maximum atomic E-state index is 10.0. The van der Waals surface area contributed by atoms with Gasteiger partial charge in [-0.1, -0.05) is 144 Å². The number of unbranched alkanes of at least 4 members (excludes halogenated alkanes) is 34. The number of aliphatic carboxylic acids is 4. The van der Waals surface area contributed by atoms with Gasteiger partial charge < -0.3 is 39.6 Å². The van der Waals surface area contributed by atoms with E-state index in [0.29, 0.717) is 0 Å². The second kappa shape index (κ2) is 94.6. The van der Waals surface area contributed by atoms with Crippen LogP contribution in [-0.2, 0) is 19.2 Å². The summed E-state index contributed by atoms with van der Waals surface area (Å²) < 4.78 is 6.63. The minimum absolute atomic E-state index is 0.0736. The van der Waals surface area contributed by atoms with Crippen molar-refractivity contribution in [1.29, 1.82) is 0 Å². The van der Waals surface area contributed by atoms with Gasteiger partial charge in [-0.05, 0) is 60.5 Å². The Morgan fingerprint density at radius 1 is 0.256 bits per heavy atom. The van der Waals surface area contributed by atoms with Crippen molar-refractivity contribution in [3.63, 3.8) is 0 Å². The van der Waals surface area contributed by atoms with Gasteiger partial charge in [-0.15, -0.1) is 0 Å². The summed E-state index contributed by atoms with van der Waals surface area (Å²) in [7, 11) is 0. The molecule has 0 N–H and O–H groups in total. The van der Waals surface area contributed by atoms with Gasteiger partial charge in [-0.2, -0.15) is 47.0 Å². The molecule has 0 aliphatic heterocycles. The molecule has 512 valence electrons. The Bertz CT molecular complexity index is 1130. The molecule has 0 aliphatic rings. The summed E-state index contributed by atoms with van der Waals surface area (Å²) in [6.45, 7) is 22.5. The molecule has 0 saturated heterocycles. The third-order valence-electron chi connectivity index (χ3n) is 14.1. The standard InChI is InChI=1S/4C10H20O2S.4C8H17.2Sn/c2*1-9(2)6-4-3-5-7-13-8-10(11)12;2*1-2-3-4-5-6-7-8-13-9-10(11)12;4*1-3-5-7-8-6-4-2;;/h2*9H,3-8H2,1-2H3,(H,11,12);2*2-9H2,1H3,(H,11,12);4*1,3-8H2,2H3;;/q;;;;;;;;2*+2/p-4. The monoisotopic (exact) mass is 1500 g/mol. The summed E-state index contributed by atoms with van der Waals surface area (Å²) in [6, 6.07) is 0. The number of thioether (sulfide) groups is 4. The quantitative estimate of drug-likeness (QED) is 0.0419. The van der Waals surface area contributed by atoms with Gasteiger partial charge in [-0.25, -0.2) is 0 Å². The van der Waals surface area contributed by atoms with Gasteiger partial charge in [0.1, 0.15) is 0 Å². The molecule has 0 spiro atoms. The molecular weight excluding hydrogens is 1360 g/mol. The van der Waals surface area contributed by atoms with Crippen LogP contribution in [0.25, 0.3) is 0 Å². The van der Waals surface area contributed by atoms with Gasteiger partial charge in [0, 0.05) is 23.0 Å². The van der Waals surface area contributed by atoms with E-state index in [4.69, 9.17) is 0 Å². The van der Waals surface area contributed by atoms with Crippen LogP contribution >= 0.6 is 47.0 Å². The molecule has 0 aromatic heterocycles. The minimum atomic E-state index is -0.952. The van der Waals surface area contributed by atoms with Crippen LogP contribution in [0.1, 0.15) is 352 Å². The van der Waals surface area contributed by atoms with Crippen molar-refractivity contribution in [3.05, 3.63) is 0 Å². The maximum absolute atomic E-state index is 10.0. The zero-order valence-corrected chi connectivity index (χ0v) is 67.6. The average molecular weight is 1500 g/mol. The van der Waals surface area contributed by atoms with Crippen LogP contribution in [0.2, 0.25) is 17.7 Å². The molecule has 8 nitrogen and oxygen atoms in total. The zero-order chi connectivity index (χ0) is 65.3. The van der Waals surface area contributed by atoms with Crippen molar-refractivity contribution in [2.75, 3.05) is 46.0 Å². The first kappa shape index (κ1) is 98.0. The van der Waals surface area contributed by atoms with E-state index in [-0.39, 0.29) is 65.3 Å². The molecule has 0 saturated carbocycles. The fourth-order valence-electron chi connectivity index (χ4n) is 8.83. The van der Waals surface area contributed by atoms with E-state index in [1.165, 1.54) is 278 Å². The van der Waals surface area contributed by atoms with Crippen molar-refractivity contribution in [2.24, 2.45) is 11.8 Å². The Morgan fingerprint density at radius 3 is 0.593 bits per heavy atom. The fraction of sp³-hybridized carbons (Fsp3) is 0.944. The van der Waals surface area contributed by atoms with E-state index in [9.17, 15) is 39.6 Å². The summed E-state index contributed by atoms with van der Waals surface area (Å²) in [5.74, 6) is 2.18. The number of hydrogen-bond donors (Lipinski definition) is 0. The number of carbonyl (C=O) groups is 4. The van der Waals surface area contributed by atoms with Crippen LogP contribution in [-0.4, -0.2) is 112 Å². The summed E-state index contributed by atoms with van der Waals surface area (Å²) >= 11 is 5.99. The molecule has 0 fully saturated rings. The van der Waals surface area contributed by atoms with Gasteiger partial charge in [0.2, 0.25) is 0 Å². The zero-order valence-electron chi connectivity index (χ0n) is 58.7. The van der Waals surface area contributed by atoms with Crippen LogP contribution in [0.5, 0.6) is 0 Å². The summed E-state index contributed by atoms with van der Waals surface area (Å²) in [5, 5.41) is 40.2. The third-order valence-corrected chi connectivity index (χ3v) is 26.3. The number of hydrogen-bond acceptors (Lipinski definition) is 12. The molecule has 0 aromatic rings. The molecule has 0 aromatic carbocycles. The second-order valence-corrected chi connectivity index (χ2v) is 37.3. The molecule has 0 aliphatic carbocycles. The summed E-state index contributed by atoms with van der Waals surface area (Å²) in [6.07, 6.45) is 60.6. The number of carboxylic acids is 4. The van der Waals surface area contributed by atoms with Crippen molar-refractivity contribution in [2.45, 2.75) is 370 Å². The van der Waals surface area contributed by atoms with Gasteiger partial charge in [0.15, 0.2) is 0 Å². The Kier molecular flexibility index (Phi) is 108. The van der Waals surface area contributed by atoms with Crippen LogP contribution in [0.15, 0.2) is 0 Å². The van der Waals surface area contributed by atoms with Crippen molar-refractivity contribution < 1.29 is 39.6 Å². The molecule has 0 radical (unpaired) electrons. The Balaban J connectivity index is -0.000000224. The van der Waals surface area contributed by atoms with Crippen LogP contribution < -0.4 is 20.4 Å². The Hall–Kier alpha value is 0.877. The van der Waals surface area contributed by atoms with E-state index in [2.05, 4.69) is 69.2 Å². The Morgan fingerprint density at radius 2 is 0.419 bits per heavy atom. The number of carboxylic acid groups (broad SMARTS) is 4.